The molecular weight excluding hydrogens is 390 g/mol. The topological polar surface area (TPSA) is 73.3 Å². The number of aryl methyl sites for hydroxylation is 1. The Balaban J connectivity index is 1.39. The minimum absolute atomic E-state index is 0.149. The Morgan fingerprint density at radius 3 is 2.42 bits per heavy atom. The zero-order valence-electron chi connectivity index (χ0n) is 17.6. The van der Waals surface area contributed by atoms with Gasteiger partial charge in [0.1, 0.15) is 5.75 Å². The summed E-state index contributed by atoms with van der Waals surface area (Å²) in [4.78, 5) is 21.7. The van der Waals surface area contributed by atoms with E-state index in [2.05, 4.69) is 10.3 Å². The molecule has 1 saturated carbocycles. The van der Waals surface area contributed by atoms with Gasteiger partial charge in [0.15, 0.2) is 0 Å². The first kappa shape index (κ1) is 19.5. The normalized spacial score (nSPS) is 16.2. The minimum Gasteiger partial charge on any atom is -0.468 e. The van der Waals surface area contributed by atoms with Gasteiger partial charge in [-0.25, -0.2) is 4.98 Å². The molecule has 0 unspecified atom stereocenters. The average molecular weight is 415 g/mol. The van der Waals surface area contributed by atoms with Crippen molar-refractivity contribution in [2.24, 2.45) is 0 Å². The molecule has 6 heteroatoms. The lowest BCUT2D eigenvalue weighted by Crippen LogP contribution is -2.43. The van der Waals surface area contributed by atoms with Crippen molar-refractivity contribution in [1.82, 2.24) is 9.97 Å². The second kappa shape index (κ2) is 8.02. The number of hydrogen-bond donors (Lipinski definition) is 1. The van der Waals surface area contributed by atoms with Crippen LogP contribution in [0, 0.1) is 0 Å². The van der Waals surface area contributed by atoms with Crippen molar-refractivity contribution in [3.05, 3.63) is 71.4 Å². The van der Waals surface area contributed by atoms with Crippen LogP contribution in [0.15, 0.2) is 54.6 Å². The second-order valence-corrected chi connectivity index (χ2v) is 8.18. The van der Waals surface area contributed by atoms with Gasteiger partial charge in [0.25, 0.3) is 0 Å². The molecule has 2 aliphatic carbocycles. The highest BCUT2D eigenvalue weighted by molar-refractivity contribution is 5.84. The first-order valence-electron chi connectivity index (χ1n) is 10.8. The quantitative estimate of drug-likeness (QED) is 0.565. The van der Waals surface area contributed by atoms with Crippen molar-refractivity contribution in [3.63, 3.8) is 0 Å². The minimum atomic E-state index is -0.492. The van der Waals surface area contributed by atoms with Crippen LogP contribution in [0.1, 0.15) is 42.5 Å². The van der Waals surface area contributed by atoms with Crippen LogP contribution < -0.4 is 10.1 Å². The number of carbonyl (C=O) groups excluding carboxylic acids is 1. The number of ether oxygens (including phenoxy) is 2. The Morgan fingerprint density at radius 2 is 1.74 bits per heavy atom. The van der Waals surface area contributed by atoms with Crippen LogP contribution in [0.3, 0.4) is 0 Å². The van der Waals surface area contributed by atoms with Gasteiger partial charge in [0, 0.05) is 11.3 Å². The number of anilines is 2. The van der Waals surface area contributed by atoms with E-state index < -0.39 is 5.41 Å². The van der Waals surface area contributed by atoms with E-state index in [1.807, 2.05) is 54.6 Å². The molecule has 3 aromatic rings. The number of carbonyl (C=O) groups is 1. The smallest absolute Gasteiger partial charge is 0.316 e. The molecule has 0 radical (unpaired) electrons. The Hall–Kier alpha value is -3.41. The van der Waals surface area contributed by atoms with E-state index in [9.17, 15) is 4.79 Å². The second-order valence-electron chi connectivity index (χ2n) is 8.18. The van der Waals surface area contributed by atoms with Gasteiger partial charge in [0.2, 0.25) is 11.8 Å². The van der Waals surface area contributed by atoms with Crippen molar-refractivity contribution in [1.29, 1.82) is 0 Å². The van der Waals surface area contributed by atoms with Crippen LogP contribution in [0.4, 0.5) is 11.6 Å². The highest BCUT2D eigenvalue weighted by atomic mass is 16.5. The Labute approximate surface area is 181 Å². The summed E-state index contributed by atoms with van der Waals surface area (Å²) in [6.45, 7) is 0. The number of benzene rings is 2. The molecule has 158 valence electrons. The molecule has 2 aromatic carbocycles. The van der Waals surface area contributed by atoms with Crippen LogP contribution in [0.25, 0.3) is 0 Å². The molecule has 0 amide bonds. The summed E-state index contributed by atoms with van der Waals surface area (Å²) in [6.07, 6.45) is 5.63. The van der Waals surface area contributed by atoms with E-state index in [4.69, 9.17) is 14.5 Å². The van der Waals surface area contributed by atoms with Crippen LogP contribution in [0.2, 0.25) is 0 Å². The van der Waals surface area contributed by atoms with E-state index in [0.717, 1.165) is 66.8 Å². The zero-order valence-corrected chi connectivity index (χ0v) is 17.6. The summed E-state index contributed by atoms with van der Waals surface area (Å²) < 4.78 is 11.1. The fraction of sp³-hybridized carbons (Fsp3) is 0.320. The summed E-state index contributed by atoms with van der Waals surface area (Å²) in [5.41, 5.74) is 3.51. The summed E-state index contributed by atoms with van der Waals surface area (Å²) in [5, 5.41) is 3.30. The molecule has 31 heavy (non-hydrogen) atoms. The van der Waals surface area contributed by atoms with E-state index in [0.29, 0.717) is 11.8 Å². The summed E-state index contributed by atoms with van der Waals surface area (Å²) in [6, 6.07) is 17.6. The molecule has 6 nitrogen and oxygen atoms in total. The molecule has 1 aromatic heterocycles. The van der Waals surface area contributed by atoms with Crippen LogP contribution >= 0.6 is 0 Å². The number of para-hydroxylation sites is 1. The van der Waals surface area contributed by atoms with Crippen LogP contribution in [-0.2, 0) is 27.8 Å². The number of methoxy groups -OCH3 is 1. The van der Waals surface area contributed by atoms with Crippen molar-refractivity contribution in [2.75, 3.05) is 12.4 Å². The highest BCUT2D eigenvalue weighted by Gasteiger charge is 2.46. The summed E-state index contributed by atoms with van der Waals surface area (Å²) in [5.74, 6) is 1.75. The summed E-state index contributed by atoms with van der Waals surface area (Å²) >= 11 is 0. The standard InChI is InChI=1S/C25H25N3O3/c1-30-23(29)25(15-6-16-25)17-11-13-18(14-12-17)26-24-27-21-10-5-9-20(21)22(28-24)31-19-7-3-2-4-8-19/h2-4,7-8,11-14H,5-6,9-10,15-16H2,1H3,(H,26,27,28). The number of nitrogens with one attached hydrogen (secondary N) is 1. The number of hydrogen-bond acceptors (Lipinski definition) is 6. The Kier molecular flexibility index (Phi) is 5.06. The van der Waals surface area contributed by atoms with E-state index in [-0.39, 0.29) is 5.97 Å². The number of esters is 1. The van der Waals surface area contributed by atoms with Crippen LogP contribution in [-0.4, -0.2) is 23.0 Å². The third-order valence-corrected chi connectivity index (χ3v) is 6.33. The number of rotatable bonds is 6. The molecular formula is C25H25N3O3. The fourth-order valence-corrected chi connectivity index (χ4v) is 4.48. The van der Waals surface area contributed by atoms with E-state index in [1.165, 1.54) is 7.11 Å². The number of nitrogens with zero attached hydrogens (tertiary/aromatic N) is 2. The number of fused-ring (bicyclic) bond motifs is 1. The van der Waals surface area contributed by atoms with E-state index >= 15 is 0 Å². The van der Waals surface area contributed by atoms with Gasteiger partial charge in [-0.15, -0.1) is 0 Å². The number of aromatic nitrogens is 2. The van der Waals surface area contributed by atoms with Gasteiger partial charge in [-0.1, -0.05) is 36.8 Å². The lowest BCUT2D eigenvalue weighted by Gasteiger charge is -2.39. The fourth-order valence-electron chi connectivity index (χ4n) is 4.48. The average Bonchev–Trinajstić information content (AvgIpc) is 3.24. The van der Waals surface area contributed by atoms with Crippen molar-refractivity contribution in [2.45, 2.75) is 43.9 Å². The Bertz CT molecular complexity index is 1090. The van der Waals surface area contributed by atoms with Gasteiger partial charge in [-0.05, 0) is 61.9 Å². The third kappa shape index (κ3) is 3.63. The first-order chi connectivity index (χ1) is 15.2. The van der Waals surface area contributed by atoms with Gasteiger partial charge >= 0.3 is 5.97 Å². The predicted octanol–water partition coefficient (Wildman–Crippen LogP) is 5.10. The molecule has 1 heterocycles. The van der Waals surface area contributed by atoms with Crippen molar-refractivity contribution in [3.8, 4) is 11.6 Å². The largest absolute Gasteiger partial charge is 0.468 e. The van der Waals surface area contributed by atoms with Gasteiger partial charge in [-0.3, -0.25) is 4.79 Å². The highest BCUT2D eigenvalue weighted by Crippen LogP contribution is 2.45. The van der Waals surface area contributed by atoms with Gasteiger partial charge in [-0.2, -0.15) is 4.98 Å². The van der Waals surface area contributed by atoms with Crippen molar-refractivity contribution >= 4 is 17.6 Å². The molecule has 2 aliphatic rings. The molecule has 0 atom stereocenters. The maximum Gasteiger partial charge on any atom is 0.316 e. The third-order valence-electron chi connectivity index (χ3n) is 6.33. The SMILES string of the molecule is COC(=O)C1(c2ccc(Nc3nc4c(c(Oc5ccccc5)n3)CCC4)cc2)CCC1. The monoisotopic (exact) mass is 415 g/mol. The maximum absolute atomic E-state index is 12.3. The molecule has 0 saturated heterocycles. The molecule has 1 N–H and O–H groups in total. The summed E-state index contributed by atoms with van der Waals surface area (Å²) in [7, 11) is 1.46. The zero-order chi connectivity index (χ0) is 21.3. The molecule has 1 fully saturated rings. The molecule has 0 bridgehead atoms. The van der Waals surface area contributed by atoms with E-state index in [1.54, 1.807) is 0 Å². The van der Waals surface area contributed by atoms with Gasteiger partial charge < -0.3 is 14.8 Å². The predicted molar refractivity (Wildman–Crippen MR) is 118 cm³/mol. The Morgan fingerprint density at radius 1 is 0.968 bits per heavy atom. The van der Waals surface area contributed by atoms with Crippen LogP contribution in [0.5, 0.6) is 11.6 Å². The molecule has 5 rings (SSSR count). The lowest BCUT2D eigenvalue weighted by atomic mass is 9.64. The first-order valence-corrected chi connectivity index (χ1v) is 10.8. The molecule has 0 spiro atoms. The molecule has 0 aliphatic heterocycles. The van der Waals surface area contributed by atoms with Gasteiger partial charge in [0.05, 0.1) is 18.2 Å². The lowest BCUT2D eigenvalue weighted by molar-refractivity contribution is -0.151. The maximum atomic E-state index is 12.3. The van der Waals surface area contributed by atoms with Crippen molar-refractivity contribution < 1.29 is 14.3 Å².